The van der Waals surface area contributed by atoms with Crippen molar-refractivity contribution in [2.24, 2.45) is 5.92 Å². The van der Waals surface area contributed by atoms with Crippen LogP contribution in [0.4, 0.5) is 0 Å². The van der Waals surface area contributed by atoms with Crippen LogP contribution in [0.25, 0.3) is 0 Å². The van der Waals surface area contributed by atoms with E-state index in [4.69, 9.17) is 19.7 Å². The summed E-state index contributed by atoms with van der Waals surface area (Å²) in [7, 11) is 0. The van der Waals surface area contributed by atoms with E-state index in [1.807, 2.05) is 0 Å². The Morgan fingerprint density at radius 2 is 1.21 bits per heavy atom. The lowest BCUT2D eigenvalue weighted by Crippen LogP contribution is -2.27. The number of rotatable bonds is 25. The first-order valence-electron chi connectivity index (χ1n) is 12.8. The van der Waals surface area contributed by atoms with Crippen LogP contribution in [0.15, 0.2) is 0 Å². The van der Waals surface area contributed by atoms with Gasteiger partial charge in [-0.05, 0) is 18.8 Å². The molecule has 0 rings (SSSR count). The summed E-state index contributed by atoms with van der Waals surface area (Å²) in [6.45, 7) is 3.34. The highest BCUT2D eigenvalue weighted by Gasteiger charge is 2.06. The van der Waals surface area contributed by atoms with E-state index in [-0.39, 0.29) is 19.1 Å². The highest BCUT2D eigenvalue weighted by atomic mass is 16.5. The van der Waals surface area contributed by atoms with Crippen molar-refractivity contribution >= 4 is 17.8 Å². The first-order chi connectivity index (χ1) is 15.9. The molecule has 194 valence electrons. The monoisotopic (exact) mass is 473 g/mol. The molecule has 0 aromatic rings. The number of amides is 1. The number of nitrogens with one attached hydrogen (secondary N) is 1. The maximum atomic E-state index is 11.8. The molecule has 0 aliphatic rings. The Bertz CT molecular complexity index is 499. The fourth-order valence-electron chi connectivity index (χ4n) is 3.67. The number of aliphatic carboxylic acids is 2. The lowest BCUT2D eigenvalue weighted by Gasteiger charge is -2.11. The van der Waals surface area contributed by atoms with Crippen molar-refractivity contribution in [3.05, 3.63) is 0 Å². The second-order valence-corrected chi connectivity index (χ2v) is 8.87. The summed E-state index contributed by atoms with van der Waals surface area (Å²) < 4.78 is 10.1. The van der Waals surface area contributed by atoms with Crippen LogP contribution < -0.4 is 5.32 Å². The van der Waals surface area contributed by atoms with E-state index in [0.29, 0.717) is 38.5 Å². The van der Waals surface area contributed by atoms with E-state index in [1.165, 1.54) is 51.4 Å². The van der Waals surface area contributed by atoms with Crippen LogP contribution in [-0.2, 0) is 23.9 Å². The molecule has 0 aromatic heterocycles. The first kappa shape index (κ1) is 31.3. The lowest BCUT2D eigenvalue weighted by atomic mass is 9.96. The van der Waals surface area contributed by atoms with Crippen LogP contribution in [0.5, 0.6) is 0 Å². The van der Waals surface area contributed by atoms with Gasteiger partial charge in [-0.1, -0.05) is 77.6 Å². The van der Waals surface area contributed by atoms with Gasteiger partial charge in [0, 0.05) is 19.4 Å². The number of hydrogen-bond donors (Lipinski definition) is 3. The lowest BCUT2D eigenvalue weighted by molar-refractivity contribution is -0.142. The molecule has 1 atom stereocenters. The average Bonchev–Trinajstić information content (AvgIpc) is 2.75. The Hall–Kier alpha value is -1.67. The summed E-state index contributed by atoms with van der Waals surface area (Å²) in [5, 5.41) is 19.9. The summed E-state index contributed by atoms with van der Waals surface area (Å²) in [5.74, 6) is -0.983. The Morgan fingerprint density at radius 3 is 1.82 bits per heavy atom. The number of carbonyl (C=O) groups excluding carboxylic acids is 1. The van der Waals surface area contributed by atoms with Crippen molar-refractivity contribution in [3.63, 3.8) is 0 Å². The molecule has 0 fully saturated rings. The summed E-state index contributed by atoms with van der Waals surface area (Å²) >= 11 is 0. The van der Waals surface area contributed by atoms with Crippen LogP contribution in [-0.4, -0.2) is 61.0 Å². The molecule has 0 aliphatic heterocycles. The van der Waals surface area contributed by atoms with Gasteiger partial charge in [0.05, 0.1) is 19.8 Å². The van der Waals surface area contributed by atoms with Crippen molar-refractivity contribution in [2.45, 2.75) is 103 Å². The summed E-state index contributed by atoms with van der Waals surface area (Å²) in [5.41, 5.74) is 0. The topological polar surface area (TPSA) is 122 Å². The van der Waals surface area contributed by atoms with Crippen molar-refractivity contribution in [1.29, 1.82) is 0 Å². The van der Waals surface area contributed by atoms with Gasteiger partial charge in [0.1, 0.15) is 6.61 Å². The fraction of sp³-hybridized carbons (Fsp3) is 0.880. The largest absolute Gasteiger partial charge is 0.481 e. The van der Waals surface area contributed by atoms with Crippen molar-refractivity contribution in [3.8, 4) is 0 Å². The predicted molar refractivity (Wildman–Crippen MR) is 128 cm³/mol. The van der Waals surface area contributed by atoms with Gasteiger partial charge in [-0.3, -0.25) is 9.59 Å². The summed E-state index contributed by atoms with van der Waals surface area (Å²) in [6, 6.07) is 0. The molecule has 0 aromatic carbocycles. The minimum Gasteiger partial charge on any atom is -0.481 e. The fourth-order valence-corrected chi connectivity index (χ4v) is 3.67. The highest BCUT2D eigenvalue weighted by Crippen LogP contribution is 2.17. The first-order valence-corrected chi connectivity index (χ1v) is 12.8. The van der Waals surface area contributed by atoms with Crippen molar-refractivity contribution in [2.75, 3.05) is 33.0 Å². The van der Waals surface area contributed by atoms with E-state index in [1.54, 1.807) is 0 Å². The van der Waals surface area contributed by atoms with Gasteiger partial charge >= 0.3 is 11.9 Å². The van der Waals surface area contributed by atoms with Gasteiger partial charge in [0.2, 0.25) is 5.91 Å². The number of carbonyl (C=O) groups is 3. The number of hydrogen-bond acceptors (Lipinski definition) is 5. The molecule has 3 N–H and O–H groups in total. The predicted octanol–water partition coefficient (Wildman–Crippen LogP) is 4.79. The zero-order chi connectivity index (χ0) is 24.6. The normalized spacial score (nSPS) is 11.9. The minimum absolute atomic E-state index is 0.0508. The van der Waals surface area contributed by atoms with E-state index in [2.05, 4.69) is 12.2 Å². The standard InChI is InChI=1S/C25H47NO7/c1-22(13-10-8-6-4-2-3-5-7-9-11-16-24(28)29)14-12-15-23(27)26-17-18-32-19-20-33-21-25(30)31/h22H,2-21H2,1H3,(H,26,27)(H,28,29)(H,30,31). The Morgan fingerprint density at radius 1 is 0.667 bits per heavy atom. The van der Waals surface area contributed by atoms with Crippen molar-refractivity contribution < 1.29 is 34.1 Å². The Balaban J connectivity index is 3.32. The average molecular weight is 474 g/mol. The third-order valence-corrected chi connectivity index (χ3v) is 5.60. The quantitative estimate of drug-likeness (QED) is 0.163. The molecule has 8 nitrogen and oxygen atoms in total. The molecule has 0 bridgehead atoms. The van der Waals surface area contributed by atoms with Crippen LogP contribution in [0.1, 0.15) is 103 Å². The van der Waals surface area contributed by atoms with Gasteiger partial charge in [-0.2, -0.15) is 0 Å². The smallest absolute Gasteiger partial charge is 0.329 e. The number of unbranched alkanes of at least 4 members (excludes halogenated alkanes) is 9. The van der Waals surface area contributed by atoms with Gasteiger partial charge < -0.3 is 25.0 Å². The molecule has 0 spiro atoms. The number of carboxylic acid groups (broad SMARTS) is 2. The number of carboxylic acids is 2. The van der Waals surface area contributed by atoms with Gasteiger partial charge in [-0.25, -0.2) is 4.79 Å². The summed E-state index contributed by atoms with van der Waals surface area (Å²) in [6.07, 6.45) is 16.0. The third-order valence-electron chi connectivity index (χ3n) is 5.60. The Kier molecular flexibility index (Phi) is 22.3. The molecular weight excluding hydrogens is 426 g/mol. The van der Waals surface area contributed by atoms with Gasteiger partial charge in [0.15, 0.2) is 0 Å². The molecule has 0 aliphatic carbocycles. The van der Waals surface area contributed by atoms with Crippen LogP contribution in [0.2, 0.25) is 0 Å². The molecule has 1 amide bonds. The van der Waals surface area contributed by atoms with E-state index in [0.717, 1.165) is 32.1 Å². The van der Waals surface area contributed by atoms with Crippen LogP contribution >= 0.6 is 0 Å². The zero-order valence-corrected chi connectivity index (χ0v) is 20.7. The molecule has 1 unspecified atom stereocenters. The maximum Gasteiger partial charge on any atom is 0.329 e. The van der Waals surface area contributed by atoms with E-state index >= 15 is 0 Å². The van der Waals surface area contributed by atoms with Crippen molar-refractivity contribution in [1.82, 2.24) is 5.32 Å². The number of ether oxygens (including phenoxy) is 2. The molecule has 0 saturated carbocycles. The minimum atomic E-state index is -0.998. The molecule has 0 radical (unpaired) electrons. The van der Waals surface area contributed by atoms with E-state index < -0.39 is 11.9 Å². The molecule has 0 heterocycles. The second-order valence-electron chi connectivity index (χ2n) is 8.87. The van der Waals surface area contributed by atoms with E-state index in [9.17, 15) is 14.4 Å². The maximum absolute atomic E-state index is 11.8. The third kappa shape index (κ3) is 26.5. The molecule has 8 heteroatoms. The van der Waals surface area contributed by atoms with Gasteiger partial charge in [0.25, 0.3) is 0 Å². The molecular formula is C25H47NO7. The van der Waals surface area contributed by atoms with Crippen LogP contribution in [0, 0.1) is 5.92 Å². The molecule has 33 heavy (non-hydrogen) atoms. The Labute approximate surface area is 199 Å². The van der Waals surface area contributed by atoms with Gasteiger partial charge in [-0.15, -0.1) is 0 Å². The summed E-state index contributed by atoms with van der Waals surface area (Å²) in [4.78, 5) is 32.5. The SMILES string of the molecule is CC(CCCCCCCCCCCCC(=O)O)CCCC(=O)NCCOCCOCC(=O)O. The second kappa shape index (κ2) is 23.5. The highest BCUT2D eigenvalue weighted by molar-refractivity contribution is 5.75. The van der Waals surface area contributed by atoms with Crippen LogP contribution in [0.3, 0.4) is 0 Å². The zero-order valence-electron chi connectivity index (χ0n) is 20.7. The molecule has 0 saturated heterocycles.